The van der Waals surface area contributed by atoms with E-state index in [4.69, 9.17) is 23.2 Å². The number of hydrogen-bond donors (Lipinski definition) is 1. The second-order valence-electron chi connectivity index (χ2n) is 5.31. The molecule has 0 spiro atoms. The van der Waals surface area contributed by atoms with Crippen molar-refractivity contribution in [2.75, 3.05) is 22.4 Å². The van der Waals surface area contributed by atoms with Gasteiger partial charge in [-0.2, -0.15) is 0 Å². The molecule has 0 unspecified atom stereocenters. The number of benzene rings is 2. The average Bonchev–Trinajstić information content (AvgIpc) is 2.42. The van der Waals surface area contributed by atoms with Gasteiger partial charge in [0.25, 0.3) is 0 Å². The summed E-state index contributed by atoms with van der Waals surface area (Å²) >= 11 is 11.8. The zero-order valence-corrected chi connectivity index (χ0v) is 15.4. The van der Waals surface area contributed by atoms with Crippen molar-refractivity contribution >= 4 is 50.5 Å². The topological polar surface area (TPSA) is 66.5 Å². The van der Waals surface area contributed by atoms with Crippen LogP contribution in [-0.2, 0) is 14.8 Å². The highest BCUT2D eigenvalue weighted by Gasteiger charge is 2.21. The van der Waals surface area contributed by atoms with Crippen LogP contribution in [0, 0.1) is 6.92 Å². The van der Waals surface area contributed by atoms with Gasteiger partial charge in [-0.15, -0.1) is 0 Å². The predicted octanol–water partition coefficient (Wildman–Crippen LogP) is 3.71. The molecule has 2 aromatic rings. The molecule has 0 saturated carbocycles. The van der Waals surface area contributed by atoms with Crippen LogP contribution in [0.5, 0.6) is 0 Å². The maximum atomic E-state index is 12.2. The summed E-state index contributed by atoms with van der Waals surface area (Å²) in [4.78, 5) is 12.2. The van der Waals surface area contributed by atoms with Crippen molar-refractivity contribution in [3.63, 3.8) is 0 Å². The number of nitrogens with zero attached hydrogens (tertiary/aromatic N) is 1. The van der Waals surface area contributed by atoms with Crippen LogP contribution in [-0.4, -0.2) is 27.1 Å². The number of anilines is 2. The molecular formula is C16H16Cl2N2O3S. The molecule has 0 radical (unpaired) electrons. The van der Waals surface area contributed by atoms with Gasteiger partial charge in [0.2, 0.25) is 15.9 Å². The largest absolute Gasteiger partial charge is 0.325 e. The second-order valence-corrected chi connectivity index (χ2v) is 8.09. The number of carbonyl (C=O) groups is 1. The summed E-state index contributed by atoms with van der Waals surface area (Å²) in [7, 11) is -3.69. The Labute approximate surface area is 151 Å². The van der Waals surface area contributed by atoms with Gasteiger partial charge in [0.05, 0.1) is 11.9 Å². The molecule has 8 heteroatoms. The smallest absolute Gasteiger partial charge is 0.245 e. The van der Waals surface area contributed by atoms with Crippen molar-refractivity contribution in [2.24, 2.45) is 0 Å². The number of halogens is 2. The summed E-state index contributed by atoms with van der Waals surface area (Å²) in [6.45, 7) is 1.51. The van der Waals surface area contributed by atoms with Gasteiger partial charge in [-0.05, 0) is 42.8 Å². The van der Waals surface area contributed by atoms with Gasteiger partial charge in [0.1, 0.15) is 6.54 Å². The number of sulfonamides is 1. The lowest BCUT2D eigenvalue weighted by Crippen LogP contribution is -2.37. The minimum absolute atomic E-state index is 0.231. The lowest BCUT2D eigenvalue weighted by atomic mass is 10.2. The molecule has 0 fully saturated rings. The average molecular weight is 387 g/mol. The van der Waals surface area contributed by atoms with Crippen LogP contribution >= 0.6 is 23.2 Å². The molecular weight excluding hydrogens is 371 g/mol. The quantitative estimate of drug-likeness (QED) is 0.851. The summed E-state index contributed by atoms with van der Waals surface area (Å²) in [5.74, 6) is -0.470. The molecule has 5 nitrogen and oxygen atoms in total. The maximum absolute atomic E-state index is 12.2. The summed E-state index contributed by atoms with van der Waals surface area (Å²) < 4.78 is 25.1. The second kappa shape index (κ2) is 7.42. The van der Waals surface area contributed by atoms with Gasteiger partial charge in [-0.25, -0.2) is 8.42 Å². The Morgan fingerprint density at radius 2 is 1.75 bits per heavy atom. The molecule has 0 saturated heterocycles. The van der Waals surface area contributed by atoms with Crippen LogP contribution in [0.2, 0.25) is 10.0 Å². The van der Waals surface area contributed by atoms with Crippen LogP contribution in [0.3, 0.4) is 0 Å². The molecule has 0 aliphatic heterocycles. The minimum atomic E-state index is -3.69. The number of amides is 1. The van der Waals surface area contributed by atoms with Crippen LogP contribution < -0.4 is 9.62 Å². The Balaban J connectivity index is 2.25. The zero-order valence-electron chi connectivity index (χ0n) is 13.1. The Bertz CT molecular complexity index is 849. The van der Waals surface area contributed by atoms with Crippen molar-refractivity contribution in [2.45, 2.75) is 6.92 Å². The summed E-state index contributed by atoms with van der Waals surface area (Å²) in [5.41, 5.74) is 1.81. The Morgan fingerprint density at radius 3 is 2.29 bits per heavy atom. The number of hydrogen-bond acceptors (Lipinski definition) is 3. The van der Waals surface area contributed by atoms with Gasteiger partial charge in [0.15, 0.2) is 0 Å². The minimum Gasteiger partial charge on any atom is -0.325 e. The fourth-order valence-corrected chi connectivity index (χ4v) is 3.49. The number of nitrogens with one attached hydrogen (secondary N) is 1. The first-order valence-corrected chi connectivity index (χ1v) is 9.56. The molecule has 24 heavy (non-hydrogen) atoms. The van der Waals surface area contributed by atoms with Crippen molar-refractivity contribution in [3.8, 4) is 0 Å². The Hall–Kier alpha value is -1.76. The van der Waals surface area contributed by atoms with E-state index >= 15 is 0 Å². The fourth-order valence-electron chi connectivity index (χ4n) is 2.14. The van der Waals surface area contributed by atoms with Gasteiger partial charge in [0, 0.05) is 15.7 Å². The Morgan fingerprint density at radius 1 is 1.12 bits per heavy atom. The third-order valence-electron chi connectivity index (χ3n) is 3.12. The first-order chi connectivity index (χ1) is 11.1. The third kappa shape index (κ3) is 5.12. The van der Waals surface area contributed by atoms with E-state index in [1.807, 2.05) is 13.0 Å². The van der Waals surface area contributed by atoms with E-state index in [-0.39, 0.29) is 22.3 Å². The SMILES string of the molecule is Cc1cccc(NC(=O)CN(c2cc(Cl)cc(Cl)c2)S(C)(=O)=O)c1. The van der Waals surface area contributed by atoms with E-state index < -0.39 is 15.9 Å². The molecule has 0 bridgehead atoms. The van der Waals surface area contributed by atoms with Crippen LogP contribution in [0.25, 0.3) is 0 Å². The van der Waals surface area contributed by atoms with E-state index in [1.54, 1.807) is 18.2 Å². The van der Waals surface area contributed by atoms with Crippen LogP contribution in [0.15, 0.2) is 42.5 Å². The normalized spacial score (nSPS) is 11.2. The highest BCUT2D eigenvalue weighted by atomic mass is 35.5. The van der Waals surface area contributed by atoms with Gasteiger partial charge < -0.3 is 5.32 Å². The van der Waals surface area contributed by atoms with Crippen molar-refractivity contribution < 1.29 is 13.2 Å². The molecule has 0 heterocycles. The van der Waals surface area contributed by atoms with Crippen molar-refractivity contribution in [1.29, 1.82) is 0 Å². The lowest BCUT2D eigenvalue weighted by Gasteiger charge is -2.22. The van der Waals surface area contributed by atoms with E-state index in [1.165, 1.54) is 18.2 Å². The molecule has 128 valence electrons. The first kappa shape index (κ1) is 18.6. The fraction of sp³-hybridized carbons (Fsp3) is 0.188. The molecule has 2 aromatic carbocycles. The predicted molar refractivity (Wildman–Crippen MR) is 98.5 cm³/mol. The molecule has 0 atom stereocenters. The van der Waals surface area contributed by atoms with Gasteiger partial charge in [-0.3, -0.25) is 9.10 Å². The van der Waals surface area contributed by atoms with Crippen molar-refractivity contribution in [3.05, 3.63) is 58.1 Å². The van der Waals surface area contributed by atoms with Gasteiger partial charge >= 0.3 is 0 Å². The first-order valence-electron chi connectivity index (χ1n) is 6.95. The number of carbonyl (C=O) groups excluding carboxylic acids is 1. The summed E-state index contributed by atoms with van der Waals surface area (Å²) in [5, 5.41) is 3.24. The molecule has 1 amide bonds. The van der Waals surface area contributed by atoms with E-state index in [0.717, 1.165) is 16.1 Å². The third-order valence-corrected chi connectivity index (χ3v) is 4.70. The van der Waals surface area contributed by atoms with E-state index in [0.29, 0.717) is 5.69 Å². The standard InChI is InChI=1S/C16H16Cl2N2O3S/c1-11-4-3-5-14(6-11)19-16(21)10-20(24(2,22)23)15-8-12(17)7-13(18)9-15/h3-9H,10H2,1-2H3,(H,19,21). The number of rotatable bonds is 5. The Kier molecular flexibility index (Phi) is 5.74. The maximum Gasteiger partial charge on any atom is 0.245 e. The van der Waals surface area contributed by atoms with Gasteiger partial charge in [-0.1, -0.05) is 35.3 Å². The molecule has 0 aromatic heterocycles. The zero-order chi connectivity index (χ0) is 17.9. The highest BCUT2D eigenvalue weighted by molar-refractivity contribution is 7.92. The monoisotopic (exact) mass is 386 g/mol. The van der Waals surface area contributed by atoms with E-state index in [2.05, 4.69) is 5.32 Å². The molecule has 0 aliphatic rings. The summed E-state index contributed by atoms with van der Waals surface area (Å²) in [6.07, 6.45) is 1.02. The summed E-state index contributed by atoms with van der Waals surface area (Å²) in [6, 6.07) is 11.6. The molecule has 2 rings (SSSR count). The van der Waals surface area contributed by atoms with E-state index in [9.17, 15) is 13.2 Å². The lowest BCUT2D eigenvalue weighted by molar-refractivity contribution is -0.114. The van der Waals surface area contributed by atoms with Crippen LogP contribution in [0.4, 0.5) is 11.4 Å². The molecule has 0 aliphatic carbocycles. The van der Waals surface area contributed by atoms with Crippen molar-refractivity contribution in [1.82, 2.24) is 0 Å². The molecule has 1 N–H and O–H groups in total. The van der Waals surface area contributed by atoms with Crippen LogP contribution in [0.1, 0.15) is 5.56 Å². The highest BCUT2D eigenvalue weighted by Crippen LogP contribution is 2.27. The number of aryl methyl sites for hydroxylation is 1.